The molecule has 0 fully saturated rings. The monoisotopic (exact) mass is 388 g/mol. The Balaban J connectivity index is 1.60. The molecule has 4 aromatic rings. The van der Waals surface area contributed by atoms with Crippen LogP contribution in [0.4, 0.5) is 4.39 Å². The van der Waals surface area contributed by atoms with Crippen LogP contribution in [0, 0.1) is 5.82 Å². The number of H-pyrrole nitrogens is 1. The van der Waals surface area contributed by atoms with E-state index in [2.05, 4.69) is 15.3 Å². The summed E-state index contributed by atoms with van der Waals surface area (Å²) in [6, 6.07) is 15.4. The van der Waals surface area contributed by atoms with Gasteiger partial charge >= 0.3 is 5.69 Å². The number of fused-ring (bicyclic) bond motifs is 2. The lowest BCUT2D eigenvalue weighted by atomic mass is 9.85. The van der Waals surface area contributed by atoms with Crippen molar-refractivity contribution < 1.29 is 9.18 Å². The second kappa shape index (κ2) is 6.70. The third-order valence-corrected chi connectivity index (χ3v) is 5.34. The Morgan fingerprint density at radius 1 is 1.10 bits per heavy atom. The van der Waals surface area contributed by atoms with Gasteiger partial charge in [-0.1, -0.05) is 12.1 Å². The van der Waals surface area contributed by atoms with Crippen molar-refractivity contribution in [1.29, 1.82) is 0 Å². The van der Waals surface area contributed by atoms with Gasteiger partial charge in [-0.25, -0.2) is 14.2 Å². The summed E-state index contributed by atoms with van der Waals surface area (Å²) in [5.74, 6) is -0.386. The first-order chi connectivity index (χ1) is 14.1. The third kappa shape index (κ3) is 3.00. The van der Waals surface area contributed by atoms with Crippen LogP contribution in [0.1, 0.15) is 27.4 Å². The number of rotatable bonds is 3. The molecule has 0 spiro atoms. The van der Waals surface area contributed by atoms with Crippen LogP contribution in [-0.2, 0) is 6.42 Å². The van der Waals surface area contributed by atoms with Gasteiger partial charge in [0.2, 0.25) is 0 Å². The van der Waals surface area contributed by atoms with Crippen LogP contribution in [0.3, 0.4) is 0 Å². The molecule has 2 aromatic carbocycles. The molecule has 29 heavy (non-hydrogen) atoms. The Morgan fingerprint density at radius 3 is 2.76 bits per heavy atom. The van der Waals surface area contributed by atoms with Crippen molar-refractivity contribution in [3.8, 4) is 5.69 Å². The maximum Gasteiger partial charge on any atom is 0.332 e. The molecule has 2 N–H and O–H groups in total. The fraction of sp³-hybridized carbons (Fsp3) is 0.136. The third-order valence-electron chi connectivity index (χ3n) is 5.34. The van der Waals surface area contributed by atoms with Crippen molar-refractivity contribution in [2.45, 2.75) is 12.3 Å². The molecule has 1 amide bonds. The van der Waals surface area contributed by atoms with E-state index in [4.69, 9.17) is 0 Å². The lowest BCUT2D eigenvalue weighted by molar-refractivity contribution is 0.0940. The molecule has 1 aliphatic heterocycles. The van der Waals surface area contributed by atoms with Crippen LogP contribution >= 0.6 is 0 Å². The molecule has 1 unspecified atom stereocenters. The van der Waals surface area contributed by atoms with Gasteiger partial charge in [-0.2, -0.15) is 0 Å². The highest BCUT2D eigenvalue weighted by Gasteiger charge is 2.26. The van der Waals surface area contributed by atoms with Gasteiger partial charge in [0.25, 0.3) is 5.91 Å². The summed E-state index contributed by atoms with van der Waals surface area (Å²) in [5.41, 5.74) is 4.03. The molecule has 6 nitrogen and oxygen atoms in total. The van der Waals surface area contributed by atoms with E-state index in [-0.39, 0.29) is 23.3 Å². The molecular weight excluding hydrogens is 371 g/mol. The van der Waals surface area contributed by atoms with Gasteiger partial charge in [0.1, 0.15) is 5.82 Å². The van der Waals surface area contributed by atoms with Gasteiger partial charge in [-0.05, 0) is 60.0 Å². The summed E-state index contributed by atoms with van der Waals surface area (Å²) >= 11 is 0. The predicted molar refractivity (Wildman–Crippen MR) is 107 cm³/mol. The van der Waals surface area contributed by atoms with Crippen LogP contribution in [-0.4, -0.2) is 27.0 Å². The second-order valence-corrected chi connectivity index (χ2v) is 7.15. The van der Waals surface area contributed by atoms with E-state index in [1.54, 1.807) is 41.1 Å². The minimum atomic E-state index is -0.283. The molecule has 1 atom stereocenters. The number of amides is 1. The summed E-state index contributed by atoms with van der Waals surface area (Å²) in [6.07, 6.45) is 2.28. The average molecular weight is 388 g/mol. The first kappa shape index (κ1) is 17.4. The molecule has 1 aliphatic rings. The van der Waals surface area contributed by atoms with E-state index in [9.17, 15) is 14.0 Å². The number of carbonyl (C=O) groups excluding carboxylic acids is 1. The number of pyridine rings is 1. The number of nitrogens with zero attached hydrogens (tertiary/aromatic N) is 2. The van der Waals surface area contributed by atoms with Crippen molar-refractivity contribution >= 4 is 17.1 Å². The number of carbonyl (C=O) groups is 1. The number of nitrogens with one attached hydrogen (secondary N) is 2. The number of hydrogen-bond acceptors (Lipinski definition) is 3. The molecule has 0 saturated heterocycles. The molecular formula is C22H17FN4O2. The van der Waals surface area contributed by atoms with Gasteiger partial charge in [-0.3, -0.25) is 14.3 Å². The van der Waals surface area contributed by atoms with Crippen molar-refractivity contribution in [2.75, 3.05) is 6.54 Å². The Bertz CT molecular complexity index is 1290. The summed E-state index contributed by atoms with van der Waals surface area (Å²) in [7, 11) is 0. The van der Waals surface area contributed by atoms with E-state index < -0.39 is 0 Å². The summed E-state index contributed by atoms with van der Waals surface area (Å²) in [4.78, 5) is 31.8. The topological polar surface area (TPSA) is 79.8 Å². The van der Waals surface area contributed by atoms with E-state index in [0.29, 0.717) is 35.4 Å². The lowest BCUT2D eigenvalue weighted by Gasteiger charge is -2.26. The first-order valence-electron chi connectivity index (χ1n) is 9.33. The molecule has 3 heterocycles. The van der Waals surface area contributed by atoms with Gasteiger partial charge in [0.15, 0.2) is 5.65 Å². The predicted octanol–water partition coefficient (Wildman–Crippen LogP) is 2.92. The number of aromatic amines is 1. The van der Waals surface area contributed by atoms with Crippen molar-refractivity contribution in [3.63, 3.8) is 0 Å². The van der Waals surface area contributed by atoms with E-state index in [1.165, 1.54) is 12.1 Å². The molecule has 2 aromatic heterocycles. The normalized spacial score (nSPS) is 15.9. The highest BCUT2D eigenvalue weighted by Crippen LogP contribution is 2.30. The molecule has 0 aliphatic carbocycles. The van der Waals surface area contributed by atoms with Crippen molar-refractivity contribution in [1.82, 2.24) is 19.9 Å². The highest BCUT2D eigenvalue weighted by atomic mass is 19.1. The standard InChI is InChI=1S/C22H17FN4O2/c23-15-5-3-13(4-6-15)10-14-12-25-21(28)17-8-7-16(11-18(14)17)27-19-2-1-9-24-20(19)26-22(27)29/h1-9,11,14H,10,12H2,(H,25,28)(H,24,26,29). The fourth-order valence-electron chi connectivity index (χ4n) is 3.94. The van der Waals surface area contributed by atoms with Crippen LogP contribution in [0.5, 0.6) is 0 Å². The van der Waals surface area contributed by atoms with Crippen LogP contribution in [0.25, 0.3) is 16.9 Å². The summed E-state index contributed by atoms with van der Waals surface area (Å²) in [5, 5.41) is 2.92. The minimum Gasteiger partial charge on any atom is -0.351 e. The Hall–Kier alpha value is -3.74. The van der Waals surface area contributed by atoms with E-state index in [0.717, 1.165) is 11.1 Å². The van der Waals surface area contributed by atoms with Crippen LogP contribution in [0.15, 0.2) is 65.6 Å². The number of benzene rings is 2. The largest absolute Gasteiger partial charge is 0.351 e. The molecule has 0 radical (unpaired) electrons. The number of aromatic nitrogens is 3. The van der Waals surface area contributed by atoms with Gasteiger partial charge in [0.05, 0.1) is 11.2 Å². The van der Waals surface area contributed by atoms with Crippen LogP contribution in [0.2, 0.25) is 0 Å². The minimum absolute atomic E-state index is 0.0205. The fourth-order valence-corrected chi connectivity index (χ4v) is 3.94. The maximum atomic E-state index is 13.2. The van der Waals surface area contributed by atoms with Crippen molar-refractivity contribution in [3.05, 3.63) is 93.8 Å². The van der Waals surface area contributed by atoms with Gasteiger partial charge in [0, 0.05) is 24.2 Å². The average Bonchev–Trinajstić information content (AvgIpc) is 3.07. The zero-order valence-electron chi connectivity index (χ0n) is 15.4. The quantitative estimate of drug-likeness (QED) is 0.566. The Kier molecular flexibility index (Phi) is 4.01. The zero-order valence-corrected chi connectivity index (χ0v) is 15.4. The lowest BCUT2D eigenvalue weighted by Crippen LogP contribution is -2.36. The van der Waals surface area contributed by atoms with Gasteiger partial charge in [-0.15, -0.1) is 0 Å². The Morgan fingerprint density at radius 2 is 1.93 bits per heavy atom. The smallest absolute Gasteiger partial charge is 0.332 e. The van der Waals surface area contributed by atoms with Crippen LogP contribution < -0.4 is 11.0 Å². The van der Waals surface area contributed by atoms with Gasteiger partial charge < -0.3 is 5.32 Å². The highest BCUT2D eigenvalue weighted by molar-refractivity contribution is 5.97. The summed E-state index contributed by atoms with van der Waals surface area (Å²) in [6.45, 7) is 0.483. The number of halogens is 1. The van der Waals surface area contributed by atoms with E-state index in [1.807, 2.05) is 12.1 Å². The van der Waals surface area contributed by atoms with E-state index >= 15 is 0 Å². The van der Waals surface area contributed by atoms with Crippen molar-refractivity contribution in [2.24, 2.45) is 0 Å². The molecule has 0 bridgehead atoms. The summed E-state index contributed by atoms with van der Waals surface area (Å²) < 4.78 is 14.8. The maximum absolute atomic E-state index is 13.2. The second-order valence-electron chi connectivity index (χ2n) is 7.15. The first-order valence-corrected chi connectivity index (χ1v) is 9.33. The molecule has 7 heteroatoms. The number of hydrogen-bond donors (Lipinski definition) is 2. The molecule has 0 saturated carbocycles. The molecule has 5 rings (SSSR count). The molecule has 144 valence electrons. The Labute approximate surface area is 165 Å². The zero-order chi connectivity index (χ0) is 20.0. The number of imidazole rings is 1. The SMILES string of the molecule is O=C1NCC(Cc2ccc(F)cc2)c2cc(-n3c(=O)[nH]c4ncccc43)ccc21.